The normalized spacial score (nSPS) is 24.7. The van der Waals surface area contributed by atoms with E-state index in [1.54, 1.807) is 4.90 Å². The van der Waals surface area contributed by atoms with Gasteiger partial charge in [0.1, 0.15) is 0 Å². The first-order valence-corrected chi connectivity index (χ1v) is 5.70. The van der Waals surface area contributed by atoms with Gasteiger partial charge in [-0.3, -0.25) is 0 Å². The highest BCUT2D eigenvalue weighted by atomic mass is 16.4. The van der Waals surface area contributed by atoms with Gasteiger partial charge in [-0.1, -0.05) is 30.3 Å². The number of amides is 1. The van der Waals surface area contributed by atoms with E-state index in [2.05, 4.69) is 12.1 Å². The van der Waals surface area contributed by atoms with Crippen LogP contribution >= 0.6 is 0 Å². The van der Waals surface area contributed by atoms with Crippen molar-refractivity contribution in [2.75, 3.05) is 6.54 Å². The second-order valence-electron chi connectivity index (χ2n) is 4.58. The molecule has 3 heteroatoms. The summed E-state index contributed by atoms with van der Waals surface area (Å²) in [6.45, 7) is 2.66. The molecule has 1 aromatic carbocycles. The minimum Gasteiger partial charge on any atom is -0.465 e. The fourth-order valence-corrected chi connectivity index (χ4v) is 2.50. The third-order valence-electron chi connectivity index (χ3n) is 3.27. The SMILES string of the molecule is C[C@@H]1CC(Cc2ccccc2)CN1C(=O)O. The van der Waals surface area contributed by atoms with E-state index in [1.165, 1.54) is 5.56 Å². The Morgan fingerprint density at radius 2 is 2.12 bits per heavy atom. The first kappa shape index (κ1) is 11.0. The van der Waals surface area contributed by atoms with Gasteiger partial charge in [0.25, 0.3) is 0 Å². The molecule has 0 bridgehead atoms. The number of hydrogen-bond acceptors (Lipinski definition) is 1. The summed E-state index contributed by atoms with van der Waals surface area (Å²) in [5.41, 5.74) is 1.30. The Balaban J connectivity index is 1.96. The fraction of sp³-hybridized carbons (Fsp3) is 0.462. The van der Waals surface area contributed by atoms with Crippen LogP contribution in [0.3, 0.4) is 0 Å². The third kappa shape index (κ3) is 2.35. The molecule has 1 fully saturated rings. The molecule has 1 aliphatic rings. The molecule has 1 N–H and O–H groups in total. The van der Waals surface area contributed by atoms with E-state index in [9.17, 15) is 4.79 Å². The maximum atomic E-state index is 10.9. The Morgan fingerprint density at radius 1 is 1.44 bits per heavy atom. The van der Waals surface area contributed by atoms with Crippen molar-refractivity contribution < 1.29 is 9.90 Å². The Hall–Kier alpha value is -1.51. The van der Waals surface area contributed by atoms with Gasteiger partial charge in [-0.15, -0.1) is 0 Å². The Bertz CT molecular complexity index is 363. The number of nitrogens with zero attached hydrogens (tertiary/aromatic N) is 1. The average Bonchev–Trinajstić information content (AvgIpc) is 2.61. The van der Waals surface area contributed by atoms with Crippen LogP contribution in [0, 0.1) is 5.92 Å². The lowest BCUT2D eigenvalue weighted by molar-refractivity contribution is 0.142. The molecule has 2 atom stereocenters. The summed E-state index contributed by atoms with van der Waals surface area (Å²) in [5.74, 6) is 0.466. The Kier molecular flexibility index (Phi) is 3.13. The van der Waals surface area contributed by atoms with E-state index < -0.39 is 6.09 Å². The van der Waals surface area contributed by atoms with Crippen molar-refractivity contribution >= 4 is 6.09 Å². The van der Waals surface area contributed by atoms with Gasteiger partial charge in [-0.2, -0.15) is 0 Å². The summed E-state index contributed by atoms with van der Waals surface area (Å²) in [4.78, 5) is 12.5. The van der Waals surface area contributed by atoms with Gasteiger partial charge in [0, 0.05) is 12.6 Å². The van der Waals surface area contributed by atoms with Gasteiger partial charge in [0.2, 0.25) is 0 Å². The predicted molar refractivity (Wildman–Crippen MR) is 62.4 cm³/mol. The molecule has 0 saturated carbocycles. The number of carboxylic acid groups (broad SMARTS) is 1. The van der Waals surface area contributed by atoms with E-state index in [0.29, 0.717) is 12.5 Å². The van der Waals surface area contributed by atoms with E-state index in [0.717, 1.165) is 12.8 Å². The number of carbonyl (C=O) groups is 1. The lowest BCUT2D eigenvalue weighted by Gasteiger charge is -2.16. The highest BCUT2D eigenvalue weighted by molar-refractivity contribution is 5.65. The maximum Gasteiger partial charge on any atom is 0.407 e. The van der Waals surface area contributed by atoms with Crippen LogP contribution in [-0.2, 0) is 6.42 Å². The lowest BCUT2D eigenvalue weighted by Crippen LogP contribution is -2.32. The quantitative estimate of drug-likeness (QED) is 0.830. The minimum atomic E-state index is -0.789. The van der Waals surface area contributed by atoms with Crippen LogP contribution in [0.25, 0.3) is 0 Å². The largest absolute Gasteiger partial charge is 0.465 e. The minimum absolute atomic E-state index is 0.159. The summed E-state index contributed by atoms with van der Waals surface area (Å²) < 4.78 is 0. The monoisotopic (exact) mass is 219 g/mol. The van der Waals surface area contributed by atoms with Crippen LogP contribution < -0.4 is 0 Å². The second-order valence-corrected chi connectivity index (χ2v) is 4.58. The van der Waals surface area contributed by atoms with Crippen molar-refractivity contribution in [1.29, 1.82) is 0 Å². The molecular formula is C13H17NO2. The zero-order valence-electron chi connectivity index (χ0n) is 9.47. The van der Waals surface area contributed by atoms with Crippen molar-refractivity contribution in [3.8, 4) is 0 Å². The van der Waals surface area contributed by atoms with Gasteiger partial charge in [-0.05, 0) is 31.2 Å². The molecule has 1 aromatic rings. The highest BCUT2D eigenvalue weighted by Gasteiger charge is 2.31. The van der Waals surface area contributed by atoms with E-state index in [4.69, 9.17) is 5.11 Å². The van der Waals surface area contributed by atoms with Crippen LogP contribution in [0.1, 0.15) is 18.9 Å². The molecule has 1 unspecified atom stereocenters. The topological polar surface area (TPSA) is 40.5 Å². The number of benzene rings is 1. The van der Waals surface area contributed by atoms with E-state index in [1.807, 2.05) is 25.1 Å². The van der Waals surface area contributed by atoms with Crippen molar-refractivity contribution in [1.82, 2.24) is 4.90 Å². The summed E-state index contributed by atoms with van der Waals surface area (Å²) in [6.07, 6.45) is 1.17. The Labute approximate surface area is 95.7 Å². The van der Waals surface area contributed by atoms with Gasteiger partial charge in [0.15, 0.2) is 0 Å². The van der Waals surface area contributed by atoms with Crippen molar-refractivity contribution in [2.45, 2.75) is 25.8 Å². The van der Waals surface area contributed by atoms with Crippen LogP contribution in [0.2, 0.25) is 0 Å². The molecule has 3 nitrogen and oxygen atoms in total. The van der Waals surface area contributed by atoms with Crippen molar-refractivity contribution in [2.24, 2.45) is 5.92 Å². The average molecular weight is 219 g/mol. The van der Waals surface area contributed by atoms with Crippen molar-refractivity contribution in [3.05, 3.63) is 35.9 Å². The molecule has 0 aliphatic carbocycles. The zero-order chi connectivity index (χ0) is 11.5. The van der Waals surface area contributed by atoms with E-state index in [-0.39, 0.29) is 6.04 Å². The van der Waals surface area contributed by atoms with Gasteiger partial charge in [-0.25, -0.2) is 4.79 Å². The molecule has 0 spiro atoms. The summed E-state index contributed by atoms with van der Waals surface area (Å²) in [5, 5.41) is 8.99. The van der Waals surface area contributed by atoms with Crippen LogP contribution in [0.5, 0.6) is 0 Å². The first-order chi connectivity index (χ1) is 7.66. The molecular weight excluding hydrogens is 202 g/mol. The molecule has 16 heavy (non-hydrogen) atoms. The molecule has 2 rings (SSSR count). The summed E-state index contributed by atoms with van der Waals surface area (Å²) in [6, 6.07) is 10.4. The zero-order valence-corrected chi connectivity index (χ0v) is 9.47. The smallest absolute Gasteiger partial charge is 0.407 e. The summed E-state index contributed by atoms with van der Waals surface area (Å²) in [7, 11) is 0. The number of hydrogen-bond donors (Lipinski definition) is 1. The third-order valence-corrected chi connectivity index (χ3v) is 3.27. The number of likely N-dealkylation sites (tertiary alicyclic amines) is 1. The molecule has 1 heterocycles. The number of rotatable bonds is 2. The van der Waals surface area contributed by atoms with Crippen molar-refractivity contribution in [3.63, 3.8) is 0 Å². The van der Waals surface area contributed by atoms with Gasteiger partial charge >= 0.3 is 6.09 Å². The van der Waals surface area contributed by atoms with Crippen LogP contribution in [0.15, 0.2) is 30.3 Å². The van der Waals surface area contributed by atoms with Gasteiger partial charge in [0.05, 0.1) is 0 Å². The molecule has 1 aliphatic heterocycles. The van der Waals surface area contributed by atoms with Crippen LogP contribution in [-0.4, -0.2) is 28.7 Å². The van der Waals surface area contributed by atoms with Crippen LogP contribution in [0.4, 0.5) is 4.79 Å². The summed E-state index contributed by atoms with van der Waals surface area (Å²) >= 11 is 0. The molecule has 86 valence electrons. The standard InChI is InChI=1S/C13H17NO2/c1-10-7-12(9-14(10)13(15)16)8-11-5-3-2-4-6-11/h2-6,10,12H,7-9H2,1H3,(H,15,16)/t10-,12?/m1/s1. The fourth-order valence-electron chi connectivity index (χ4n) is 2.50. The molecule has 0 radical (unpaired) electrons. The first-order valence-electron chi connectivity index (χ1n) is 5.70. The molecule has 1 saturated heterocycles. The maximum absolute atomic E-state index is 10.9. The lowest BCUT2D eigenvalue weighted by atomic mass is 9.97. The van der Waals surface area contributed by atoms with E-state index >= 15 is 0 Å². The predicted octanol–water partition coefficient (Wildman–Crippen LogP) is 2.62. The second kappa shape index (κ2) is 4.56. The highest BCUT2D eigenvalue weighted by Crippen LogP contribution is 2.25. The molecule has 0 aromatic heterocycles. The molecule has 1 amide bonds. The Morgan fingerprint density at radius 3 is 2.69 bits per heavy atom. The van der Waals surface area contributed by atoms with Gasteiger partial charge < -0.3 is 10.0 Å².